The van der Waals surface area contributed by atoms with Gasteiger partial charge in [-0.25, -0.2) is 0 Å². The molecule has 1 aliphatic rings. The molecule has 0 spiro atoms. The molecule has 2 aromatic rings. The van der Waals surface area contributed by atoms with E-state index in [-0.39, 0.29) is 11.8 Å². The Labute approximate surface area is 168 Å². The van der Waals surface area contributed by atoms with Gasteiger partial charge >= 0.3 is 0 Å². The second kappa shape index (κ2) is 9.33. The molecular formula is C24H32N2O2. The Morgan fingerprint density at radius 3 is 2.75 bits per heavy atom. The van der Waals surface area contributed by atoms with E-state index in [0.717, 1.165) is 42.7 Å². The van der Waals surface area contributed by atoms with Gasteiger partial charge in [-0.2, -0.15) is 0 Å². The normalized spacial score (nSPS) is 26.0. The highest BCUT2D eigenvalue weighted by Crippen LogP contribution is 2.42. The Morgan fingerprint density at radius 2 is 2.00 bits per heavy atom. The Balaban J connectivity index is 1.93. The Hall–Kier alpha value is -2.20. The van der Waals surface area contributed by atoms with Gasteiger partial charge in [0, 0.05) is 31.6 Å². The van der Waals surface area contributed by atoms with Gasteiger partial charge in [-0.1, -0.05) is 44.2 Å². The van der Waals surface area contributed by atoms with Crippen LogP contribution in [0.2, 0.25) is 0 Å². The minimum Gasteiger partial charge on any atom is -0.381 e. The quantitative estimate of drug-likeness (QED) is 0.854. The van der Waals surface area contributed by atoms with Crippen molar-refractivity contribution in [3.8, 4) is 0 Å². The second-order valence-corrected chi connectivity index (χ2v) is 8.10. The molecule has 4 heteroatoms. The summed E-state index contributed by atoms with van der Waals surface area (Å²) in [6.07, 6.45) is 4.45. The molecule has 0 bridgehead atoms. The van der Waals surface area contributed by atoms with Crippen LogP contribution in [0.15, 0.2) is 48.7 Å². The number of nitrogens with one attached hydrogen (secondary N) is 1. The van der Waals surface area contributed by atoms with Crippen molar-refractivity contribution in [2.45, 2.75) is 52.0 Å². The van der Waals surface area contributed by atoms with Gasteiger partial charge in [0.25, 0.3) is 0 Å². The summed E-state index contributed by atoms with van der Waals surface area (Å²) >= 11 is 0. The van der Waals surface area contributed by atoms with Gasteiger partial charge in [-0.15, -0.1) is 0 Å². The molecule has 2 unspecified atom stereocenters. The lowest BCUT2D eigenvalue weighted by Gasteiger charge is -2.41. The van der Waals surface area contributed by atoms with Gasteiger partial charge in [0.2, 0.25) is 5.91 Å². The van der Waals surface area contributed by atoms with Crippen molar-refractivity contribution in [2.75, 3.05) is 13.2 Å². The number of hydrogen-bond donors (Lipinski definition) is 1. The molecule has 1 N–H and O–H groups in total. The zero-order chi connectivity index (χ0) is 20.0. The number of amides is 1. The molecule has 1 aromatic carbocycles. The van der Waals surface area contributed by atoms with E-state index in [1.807, 2.05) is 37.3 Å². The molecule has 28 heavy (non-hydrogen) atoms. The van der Waals surface area contributed by atoms with E-state index in [1.54, 1.807) is 6.20 Å². The molecule has 0 saturated carbocycles. The highest BCUT2D eigenvalue weighted by atomic mass is 16.5. The topological polar surface area (TPSA) is 51.2 Å². The average molecular weight is 381 g/mol. The molecule has 3 rings (SSSR count). The lowest BCUT2D eigenvalue weighted by molar-refractivity contribution is -0.130. The predicted octanol–water partition coefficient (Wildman–Crippen LogP) is 4.42. The van der Waals surface area contributed by atoms with Crippen molar-refractivity contribution in [1.29, 1.82) is 0 Å². The summed E-state index contributed by atoms with van der Waals surface area (Å²) < 4.78 is 5.79. The van der Waals surface area contributed by atoms with Crippen LogP contribution < -0.4 is 5.32 Å². The summed E-state index contributed by atoms with van der Waals surface area (Å²) in [7, 11) is 0. The van der Waals surface area contributed by atoms with Crippen LogP contribution in [0.25, 0.3) is 0 Å². The first kappa shape index (κ1) is 20.5. The first-order chi connectivity index (χ1) is 13.5. The molecule has 0 radical (unpaired) electrons. The van der Waals surface area contributed by atoms with Gasteiger partial charge in [-0.3, -0.25) is 9.78 Å². The van der Waals surface area contributed by atoms with Crippen molar-refractivity contribution >= 4 is 5.91 Å². The molecule has 1 saturated heterocycles. The van der Waals surface area contributed by atoms with Crippen molar-refractivity contribution < 1.29 is 9.53 Å². The molecule has 3 atom stereocenters. The van der Waals surface area contributed by atoms with Crippen LogP contribution in [0, 0.1) is 18.8 Å². The number of carbonyl (C=O) groups excluding carboxylic acids is 1. The SMILES string of the molecule is Cc1cc(CNC(=O)C2(c3ccccc3)CCCOCC[C@@H](C)C2C)ccn1. The van der Waals surface area contributed by atoms with Crippen LogP contribution in [-0.4, -0.2) is 24.1 Å². The molecule has 4 nitrogen and oxygen atoms in total. The molecule has 1 aliphatic heterocycles. The largest absolute Gasteiger partial charge is 0.381 e. The van der Waals surface area contributed by atoms with Gasteiger partial charge in [0.05, 0.1) is 5.41 Å². The van der Waals surface area contributed by atoms with Crippen LogP contribution in [0.5, 0.6) is 0 Å². The zero-order valence-electron chi connectivity index (χ0n) is 17.3. The molecule has 1 aromatic heterocycles. The summed E-state index contributed by atoms with van der Waals surface area (Å²) in [5, 5.41) is 3.25. The molecule has 0 aliphatic carbocycles. The lowest BCUT2D eigenvalue weighted by Crippen LogP contribution is -2.50. The van der Waals surface area contributed by atoms with Crippen molar-refractivity contribution in [3.05, 3.63) is 65.5 Å². The van der Waals surface area contributed by atoms with Crippen molar-refractivity contribution in [2.24, 2.45) is 11.8 Å². The minimum atomic E-state index is -0.545. The fraction of sp³-hybridized carbons (Fsp3) is 0.500. The Morgan fingerprint density at radius 1 is 1.21 bits per heavy atom. The van der Waals surface area contributed by atoms with Gasteiger partial charge in [0.15, 0.2) is 0 Å². The lowest BCUT2D eigenvalue weighted by atomic mass is 9.63. The minimum absolute atomic E-state index is 0.120. The number of ether oxygens (including phenoxy) is 1. The first-order valence-electron chi connectivity index (χ1n) is 10.4. The third kappa shape index (κ3) is 4.44. The monoisotopic (exact) mass is 380 g/mol. The summed E-state index contributed by atoms with van der Waals surface area (Å²) in [6.45, 7) is 8.46. The summed E-state index contributed by atoms with van der Waals surface area (Å²) in [5.74, 6) is 0.734. The van der Waals surface area contributed by atoms with Crippen LogP contribution in [0.4, 0.5) is 0 Å². The van der Waals surface area contributed by atoms with Crippen LogP contribution in [0.1, 0.15) is 49.9 Å². The molecule has 1 fully saturated rings. The number of hydrogen-bond acceptors (Lipinski definition) is 3. The van der Waals surface area contributed by atoms with Gasteiger partial charge in [-0.05, 0) is 61.3 Å². The number of nitrogens with zero attached hydrogens (tertiary/aromatic N) is 1. The maximum Gasteiger partial charge on any atom is 0.231 e. The molecule has 1 amide bonds. The van der Waals surface area contributed by atoms with Crippen LogP contribution in [0.3, 0.4) is 0 Å². The average Bonchev–Trinajstić information content (AvgIpc) is 2.78. The van der Waals surface area contributed by atoms with Gasteiger partial charge < -0.3 is 10.1 Å². The number of aromatic nitrogens is 1. The van der Waals surface area contributed by atoms with E-state index in [1.165, 1.54) is 0 Å². The number of pyridine rings is 1. The third-order valence-electron chi connectivity index (χ3n) is 6.32. The van der Waals surface area contributed by atoms with Crippen LogP contribution >= 0.6 is 0 Å². The van der Waals surface area contributed by atoms with E-state index in [9.17, 15) is 4.79 Å². The maximum absolute atomic E-state index is 13.7. The molecular weight excluding hydrogens is 348 g/mol. The summed E-state index contributed by atoms with van der Waals surface area (Å²) in [4.78, 5) is 18.0. The smallest absolute Gasteiger partial charge is 0.231 e. The number of rotatable bonds is 4. The fourth-order valence-electron chi connectivity index (χ4n) is 4.44. The molecule has 2 heterocycles. The van der Waals surface area contributed by atoms with Crippen LogP contribution in [-0.2, 0) is 21.5 Å². The molecule has 150 valence electrons. The van der Waals surface area contributed by atoms with E-state index >= 15 is 0 Å². The number of benzene rings is 1. The Bertz CT molecular complexity index is 777. The fourth-order valence-corrected chi connectivity index (χ4v) is 4.44. The van der Waals surface area contributed by atoms with Gasteiger partial charge in [0.1, 0.15) is 0 Å². The highest BCUT2D eigenvalue weighted by molar-refractivity contribution is 5.88. The summed E-state index contributed by atoms with van der Waals surface area (Å²) in [6, 6.07) is 14.3. The highest BCUT2D eigenvalue weighted by Gasteiger charge is 2.46. The summed E-state index contributed by atoms with van der Waals surface area (Å²) in [5.41, 5.74) is 2.61. The van der Waals surface area contributed by atoms with E-state index in [4.69, 9.17) is 4.74 Å². The first-order valence-corrected chi connectivity index (χ1v) is 10.4. The maximum atomic E-state index is 13.7. The Kier molecular flexibility index (Phi) is 6.84. The standard InChI is InChI=1S/C24H32N2O2/c1-18-11-15-28-14-7-12-24(20(18)3,22-8-5-4-6-9-22)23(27)26-17-21-10-13-25-19(2)16-21/h4-6,8-10,13,16,18,20H,7,11-12,14-15,17H2,1-3H3,(H,26,27)/t18-,20?,24?/m1/s1. The van der Waals surface area contributed by atoms with E-state index < -0.39 is 5.41 Å². The number of aryl methyl sites for hydroxylation is 1. The number of carbonyl (C=O) groups is 1. The van der Waals surface area contributed by atoms with Crippen molar-refractivity contribution in [1.82, 2.24) is 10.3 Å². The van der Waals surface area contributed by atoms with E-state index in [0.29, 0.717) is 19.1 Å². The predicted molar refractivity (Wildman–Crippen MR) is 112 cm³/mol. The van der Waals surface area contributed by atoms with Crippen molar-refractivity contribution in [3.63, 3.8) is 0 Å². The second-order valence-electron chi connectivity index (χ2n) is 8.10. The zero-order valence-corrected chi connectivity index (χ0v) is 17.3. The third-order valence-corrected chi connectivity index (χ3v) is 6.32. The van der Waals surface area contributed by atoms with E-state index in [2.05, 4.69) is 36.3 Å².